The number of unbranched alkanes of at least 4 members (excludes halogenated alkanes) is 1. The molecule has 0 bridgehead atoms. The van der Waals surface area contributed by atoms with Gasteiger partial charge in [-0.3, -0.25) is 0 Å². The Hall–Kier alpha value is -0.200. The van der Waals surface area contributed by atoms with Crippen LogP contribution >= 0.6 is 0 Å². The van der Waals surface area contributed by atoms with Crippen LogP contribution in [0.4, 0.5) is 0 Å². The molecule has 1 atom stereocenters. The van der Waals surface area contributed by atoms with Gasteiger partial charge in [0.15, 0.2) is 0 Å². The zero-order chi connectivity index (χ0) is 17.6. The Kier molecular flexibility index (Phi) is 11.0. The van der Waals surface area contributed by atoms with Crippen LogP contribution in [0.15, 0.2) is 0 Å². The molecule has 2 fully saturated rings. The first-order valence-corrected chi connectivity index (χ1v) is 10.3. The van der Waals surface area contributed by atoms with E-state index in [1.54, 1.807) is 0 Å². The second-order valence-electron chi connectivity index (χ2n) is 7.24. The van der Waals surface area contributed by atoms with Crippen molar-refractivity contribution in [1.29, 1.82) is 0 Å². The number of hydrogen-bond donors (Lipinski definition) is 0. The molecule has 1 aliphatic carbocycles. The van der Waals surface area contributed by atoms with Crippen molar-refractivity contribution in [3.05, 3.63) is 0 Å². The lowest BCUT2D eigenvalue weighted by Crippen LogP contribution is -2.47. The van der Waals surface area contributed by atoms with Crippen molar-refractivity contribution < 1.29 is 23.7 Å². The van der Waals surface area contributed by atoms with E-state index in [4.69, 9.17) is 23.7 Å². The maximum atomic E-state index is 6.52. The normalized spacial score (nSPS) is 29.6. The highest BCUT2D eigenvalue weighted by atomic mass is 16.6. The summed E-state index contributed by atoms with van der Waals surface area (Å²) >= 11 is 0. The third-order valence-corrected chi connectivity index (χ3v) is 5.38. The highest BCUT2D eigenvalue weighted by Crippen LogP contribution is 2.39. The molecule has 1 saturated heterocycles. The maximum absolute atomic E-state index is 6.52. The lowest BCUT2D eigenvalue weighted by atomic mass is 9.74. The SMILES string of the molecule is CCCCC1(C2CCCCC2)COCCOCCOCCOCCO1. The minimum Gasteiger partial charge on any atom is -0.377 e. The summed E-state index contributed by atoms with van der Waals surface area (Å²) in [5.41, 5.74) is -0.156. The van der Waals surface area contributed by atoms with Crippen LogP contribution in [0.1, 0.15) is 58.3 Å². The minimum atomic E-state index is -0.156. The second-order valence-corrected chi connectivity index (χ2v) is 7.24. The molecule has 0 amide bonds. The van der Waals surface area contributed by atoms with Crippen LogP contribution in [0.3, 0.4) is 0 Å². The van der Waals surface area contributed by atoms with Gasteiger partial charge in [0, 0.05) is 0 Å². The van der Waals surface area contributed by atoms with Crippen LogP contribution in [0.5, 0.6) is 0 Å². The van der Waals surface area contributed by atoms with Gasteiger partial charge in [-0.15, -0.1) is 0 Å². The van der Waals surface area contributed by atoms with E-state index in [0.717, 1.165) is 6.42 Å². The van der Waals surface area contributed by atoms with Gasteiger partial charge >= 0.3 is 0 Å². The Morgan fingerprint density at radius 3 is 1.88 bits per heavy atom. The van der Waals surface area contributed by atoms with E-state index in [9.17, 15) is 0 Å². The molecule has 25 heavy (non-hydrogen) atoms. The molecule has 1 unspecified atom stereocenters. The Bertz CT molecular complexity index is 301. The van der Waals surface area contributed by atoms with Gasteiger partial charge in [-0.1, -0.05) is 39.0 Å². The Morgan fingerprint density at radius 2 is 1.28 bits per heavy atom. The van der Waals surface area contributed by atoms with E-state index in [-0.39, 0.29) is 5.60 Å². The summed E-state index contributed by atoms with van der Waals surface area (Å²) < 4.78 is 29.3. The van der Waals surface area contributed by atoms with Crippen molar-refractivity contribution in [3.8, 4) is 0 Å². The zero-order valence-electron chi connectivity index (χ0n) is 16.1. The van der Waals surface area contributed by atoms with Gasteiger partial charge in [0.25, 0.3) is 0 Å². The van der Waals surface area contributed by atoms with Crippen LogP contribution in [0, 0.1) is 5.92 Å². The molecule has 1 saturated carbocycles. The average Bonchev–Trinajstić information content (AvgIpc) is 2.67. The number of rotatable bonds is 4. The Labute approximate surface area is 153 Å². The molecule has 148 valence electrons. The van der Waals surface area contributed by atoms with Crippen molar-refractivity contribution in [2.45, 2.75) is 63.9 Å². The van der Waals surface area contributed by atoms with Crippen molar-refractivity contribution in [2.75, 3.05) is 59.5 Å². The Morgan fingerprint density at radius 1 is 0.720 bits per heavy atom. The molecular formula is C20H38O5. The smallest absolute Gasteiger partial charge is 0.0943 e. The first kappa shape index (κ1) is 21.1. The number of hydrogen-bond acceptors (Lipinski definition) is 5. The summed E-state index contributed by atoms with van der Waals surface area (Å²) in [4.78, 5) is 0. The van der Waals surface area contributed by atoms with E-state index >= 15 is 0 Å². The summed E-state index contributed by atoms with van der Waals surface area (Å²) in [6.07, 6.45) is 9.98. The zero-order valence-corrected chi connectivity index (χ0v) is 16.1. The molecule has 5 nitrogen and oxygen atoms in total. The number of ether oxygens (including phenoxy) is 5. The third-order valence-electron chi connectivity index (χ3n) is 5.38. The monoisotopic (exact) mass is 358 g/mol. The van der Waals surface area contributed by atoms with Crippen LogP contribution in [-0.4, -0.2) is 65.1 Å². The average molecular weight is 359 g/mol. The summed E-state index contributed by atoms with van der Waals surface area (Å²) in [6, 6.07) is 0. The van der Waals surface area contributed by atoms with E-state index in [1.807, 2.05) is 0 Å². The molecular weight excluding hydrogens is 320 g/mol. The van der Waals surface area contributed by atoms with E-state index in [0.29, 0.717) is 65.4 Å². The molecule has 0 aromatic carbocycles. The summed E-state index contributed by atoms with van der Waals surface area (Å²) in [5, 5.41) is 0. The molecule has 1 aliphatic heterocycles. The molecule has 0 N–H and O–H groups in total. The standard InChI is InChI=1S/C20H38O5/c1-2-3-9-20(19-7-5-4-6-8-19)18-24-15-14-22-11-10-21-12-13-23-16-17-25-20/h19H,2-18H2,1H3. The first-order chi connectivity index (χ1) is 12.4. The van der Waals surface area contributed by atoms with Crippen molar-refractivity contribution >= 4 is 0 Å². The van der Waals surface area contributed by atoms with Gasteiger partial charge in [0.1, 0.15) is 0 Å². The van der Waals surface area contributed by atoms with Crippen LogP contribution < -0.4 is 0 Å². The van der Waals surface area contributed by atoms with Gasteiger partial charge in [0.05, 0.1) is 65.1 Å². The van der Waals surface area contributed by atoms with Gasteiger partial charge in [-0.05, 0) is 25.2 Å². The fraction of sp³-hybridized carbons (Fsp3) is 1.00. The summed E-state index contributed by atoms with van der Waals surface area (Å²) in [5.74, 6) is 0.604. The van der Waals surface area contributed by atoms with Crippen LogP contribution in [0.25, 0.3) is 0 Å². The second kappa shape index (κ2) is 13.0. The van der Waals surface area contributed by atoms with Crippen LogP contribution in [0.2, 0.25) is 0 Å². The molecule has 0 aromatic rings. The minimum absolute atomic E-state index is 0.156. The lowest BCUT2D eigenvalue weighted by Gasteiger charge is -2.42. The van der Waals surface area contributed by atoms with Crippen LogP contribution in [-0.2, 0) is 23.7 Å². The summed E-state index contributed by atoms with van der Waals surface area (Å²) in [6.45, 7) is 7.90. The molecule has 0 radical (unpaired) electrons. The van der Waals surface area contributed by atoms with Gasteiger partial charge in [0.2, 0.25) is 0 Å². The first-order valence-electron chi connectivity index (χ1n) is 10.3. The fourth-order valence-corrected chi connectivity index (χ4v) is 3.94. The topological polar surface area (TPSA) is 46.2 Å². The molecule has 2 rings (SSSR count). The van der Waals surface area contributed by atoms with Gasteiger partial charge in [-0.2, -0.15) is 0 Å². The highest BCUT2D eigenvalue weighted by molar-refractivity contribution is 4.90. The third kappa shape index (κ3) is 7.92. The van der Waals surface area contributed by atoms with Crippen molar-refractivity contribution in [3.63, 3.8) is 0 Å². The molecule has 5 heteroatoms. The summed E-state index contributed by atoms with van der Waals surface area (Å²) in [7, 11) is 0. The van der Waals surface area contributed by atoms with E-state index in [2.05, 4.69) is 6.92 Å². The van der Waals surface area contributed by atoms with E-state index < -0.39 is 0 Å². The van der Waals surface area contributed by atoms with E-state index in [1.165, 1.54) is 44.9 Å². The van der Waals surface area contributed by atoms with Crippen molar-refractivity contribution in [1.82, 2.24) is 0 Å². The lowest BCUT2D eigenvalue weighted by molar-refractivity contribution is -0.155. The molecule has 2 aliphatic rings. The molecule has 0 aromatic heterocycles. The largest absolute Gasteiger partial charge is 0.377 e. The Balaban J connectivity index is 1.97. The predicted octanol–water partition coefficient (Wildman–Crippen LogP) is 3.59. The molecule has 1 heterocycles. The van der Waals surface area contributed by atoms with Crippen molar-refractivity contribution in [2.24, 2.45) is 5.92 Å². The fourth-order valence-electron chi connectivity index (χ4n) is 3.94. The van der Waals surface area contributed by atoms with Gasteiger partial charge in [-0.25, -0.2) is 0 Å². The maximum Gasteiger partial charge on any atom is 0.0943 e. The van der Waals surface area contributed by atoms with Gasteiger partial charge < -0.3 is 23.7 Å². The molecule has 0 spiro atoms. The quantitative estimate of drug-likeness (QED) is 0.768. The predicted molar refractivity (Wildman–Crippen MR) is 98.1 cm³/mol. The highest BCUT2D eigenvalue weighted by Gasteiger charge is 2.40.